The number of carbonyl (C=O) groups is 2. The van der Waals surface area contributed by atoms with E-state index < -0.39 is 5.97 Å². The fourth-order valence-electron chi connectivity index (χ4n) is 1.56. The predicted octanol–water partition coefficient (Wildman–Crippen LogP) is 1.90. The second-order valence-electron chi connectivity index (χ2n) is 5.38. The molecule has 0 spiro atoms. The highest BCUT2D eigenvalue weighted by atomic mass is 32.1. The van der Waals surface area contributed by atoms with Crippen LogP contribution in [0.25, 0.3) is 0 Å². The summed E-state index contributed by atoms with van der Waals surface area (Å²) in [6.07, 6.45) is 0.960. The van der Waals surface area contributed by atoms with E-state index in [0.717, 1.165) is 11.3 Å². The molecule has 0 aliphatic heterocycles. The van der Waals surface area contributed by atoms with Gasteiger partial charge >= 0.3 is 5.97 Å². The number of aromatic nitrogens is 1. The number of amides is 1. The molecular formula is C13H21N3O3S. The van der Waals surface area contributed by atoms with E-state index in [4.69, 9.17) is 10.5 Å². The van der Waals surface area contributed by atoms with Crippen molar-refractivity contribution in [1.82, 2.24) is 4.98 Å². The topological polar surface area (TPSA) is 94.3 Å². The number of hydrogen-bond acceptors (Lipinski definition) is 6. The molecule has 3 N–H and O–H groups in total. The van der Waals surface area contributed by atoms with Gasteiger partial charge in [-0.15, -0.1) is 0 Å². The van der Waals surface area contributed by atoms with Gasteiger partial charge in [0.15, 0.2) is 5.13 Å². The van der Waals surface area contributed by atoms with E-state index in [0.29, 0.717) is 35.1 Å². The SMILES string of the molecule is COC(=O)c1sc(NC(=O)CCCN)nc1C(C)(C)C. The molecule has 1 amide bonds. The number of esters is 1. The van der Waals surface area contributed by atoms with Gasteiger partial charge in [0.25, 0.3) is 0 Å². The molecule has 0 bridgehead atoms. The van der Waals surface area contributed by atoms with Gasteiger partial charge in [-0.2, -0.15) is 0 Å². The lowest BCUT2D eigenvalue weighted by molar-refractivity contribution is -0.116. The molecule has 112 valence electrons. The van der Waals surface area contributed by atoms with E-state index in [1.54, 1.807) is 0 Å². The predicted molar refractivity (Wildman–Crippen MR) is 79.1 cm³/mol. The van der Waals surface area contributed by atoms with Crippen LogP contribution < -0.4 is 11.1 Å². The zero-order valence-corrected chi connectivity index (χ0v) is 13.1. The fourth-order valence-corrected chi connectivity index (χ4v) is 2.67. The van der Waals surface area contributed by atoms with Crippen molar-refractivity contribution in [3.05, 3.63) is 10.6 Å². The minimum absolute atomic E-state index is 0.152. The standard InChI is InChI=1S/C13H21N3O3S/c1-13(2,3)10-9(11(18)19-4)20-12(16-10)15-8(17)6-5-7-14/h5-7,14H2,1-4H3,(H,15,16,17). The molecule has 0 fully saturated rings. The largest absolute Gasteiger partial charge is 0.465 e. The molecule has 20 heavy (non-hydrogen) atoms. The molecule has 0 aliphatic carbocycles. The maximum Gasteiger partial charge on any atom is 0.350 e. The summed E-state index contributed by atoms with van der Waals surface area (Å²) in [5, 5.41) is 3.11. The van der Waals surface area contributed by atoms with Crippen LogP contribution in [0.3, 0.4) is 0 Å². The van der Waals surface area contributed by atoms with Crippen molar-refractivity contribution in [2.75, 3.05) is 19.0 Å². The molecule has 0 atom stereocenters. The van der Waals surface area contributed by atoms with E-state index in [1.807, 2.05) is 20.8 Å². The minimum Gasteiger partial charge on any atom is -0.465 e. The highest BCUT2D eigenvalue weighted by Crippen LogP contribution is 2.32. The average molecular weight is 299 g/mol. The monoisotopic (exact) mass is 299 g/mol. The van der Waals surface area contributed by atoms with E-state index >= 15 is 0 Å². The van der Waals surface area contributed by atoms with Gasteiger partial charge in [-0.1, -0.05) is 32.1 Å². The summed E-state index contributed by atoms with van der Waals surface area (Å²) in [5.41, 5.74) is 5.68. The van der Waals surface area contributed by atoms with Gasteiger partial charge in [0.1, 0.15) is 4.88 Å². The van der Waals surface area contributed by atoms with Crippen molar-refractivity contribution < 1.29 is 14.3 Å². The first-order chi connectivity index (χ1) is 9.29. The van der Waals surface area contributed by atoms with Gasteiger partial charge in [0.2, 0.25) is 5.91 Å². The van der Waals surface area contributed by atoms with Crippen LogP contribution >= 0.6 is 11.3 Å². The Morgan fingerprint density at radius 3 is 2.55 bits per heavy atom. The van der Waals surface area contributed by atoms with Crippen LogP contribution in [-0.2, 0) is 14.9 Å². The number of nitrogens with one attached hydrogen (secondary N) is 1. The Labute approximate surface area is 122 Å². The van der Waals surface area contributed by atoms with Crippen molar-refractivity contribution >= 4 is 28.3 Å². The molecule has 7 heteroatoms. The maximum absolute atomic E-state index is 11.8. The van der Waals surface area contributed by atoms with E-state index in [9.17, 15) is 9.59 Å². The molecule has 1 aromatic rings. The lowest BCUT2D eigenvalue weighted by atomic mass is 9.91. The Kier molecular flexibility index (Phi) is 5.64. The van der Waals surface area contributed by atoms with Gasteiger partial charge in [0, 0.05) is 11.8 Å². The Morgan fingerprint density at radius 2 is 2.05 bits per heavy atom. The van der Waals surface area contributed by atoms with Crippen molar-refractivity contribution in [3.63, 3.8) is 0 Å². The van der Waals surface area contributed by atoms with Gasteiger partial charge < -0.3 is 15.8 Å². The number of nitrogens with zero attached hydrogens (tertiary/aromatic N) is 1. The zero-order chi connectivity index (χ0) is 15.3. The Morgan fingerprint density at radius 1 is 1.40 bits per heavy atom. The smallest absolute Gasteiger partial charge is 0.350 e. The normalized spacial score (nSPS) is 11.2. The molecule has 0 aliphatic rings. The Balaban J connectivity index is 2.97. The molecule has 0 unspecified atom stereocenters. The number of hydrogen-bond donors (Lipinski definition) is 2. The third-order valence-corrected chi connectivity index (χ3v) is 3.51. The van der Waals surface area contributed by atoms with Crippen LogP contribution in [0.15, 0.2) is 0 Å². The summed E-state index contributed by atoms with van der Waals surface area (Å²) in [6.45, 7) is 6.32. The van der Waals surface area contributed by atoms with Gasteiger partial charge in [0.05, 0.1) is 12.8 Å². The molecule has 0 saturated carbocycles. The third-order valence-electron chi connectivity index (χ3n) is 2.56. The molecule has 6 nitrogen and oxygen atoms in total. The third kappa shape index (κ3) is 4.28. The van der Waals surface area contributed by atoms with Crippen molar-refractivity contribution in [2.45, 2.75) is 39.0 Å². The fraction of sp³-hybridized carbons (Fsp3) is 0.615. The highest BCUT2D eigenvalue weighted by Gasteiger charge is 2.28. The van der Waals surface area contributed by atoms with Crippen LogP contribution in [0.5, 0.6) is 0 Å². The van der Waals surface area contributed by atoms with Crippen LogP contribution in [0.2, 0.25) is 0 Å². The summed E-state index contributed by atoms with van der Waals surface area (Å²) in [4.78, 5) is 28.2. The number of methoxy groups -OCH3 is 1. The second-order valence-corrected chi connectivity index (χ2v) is 6.38. The zero-order valence-electron chi connectivity index (χ0n) is 12.3. The van der Waals surface area contributed by atoms with Crippen molar-refractivity contribution in [1.29, 1.82) is 0 Å². The summed E-state index contributed by atoms with van der Waals surface area (Å²) in [7, 11) is 1.33. The first kappa shape index (κ1) is 16.6. The molecule has 0 radical (unpaired) electrons. The van der Waals surface area contributed by atoms with Crippen LogP contribution in [0.1, 0.15) is 49.0 Å². The number of rotatable bonds is 5. The van der Waals surface area contributed by atoms with Crippen molar-refractivity contribution in [2.24, 2.45) is 5.73 Å². The number of thiazole rings is 1. The average Bonchev–Trinajstić information content (AvgIpc) is 2.79. The first-order valence-electron chi connectivity index (χ1n) is 6.39. The lowest BCUT2D eigenvalue weighted by Crippen LogP contribution is -2.17. The minimum atomic E-state index is -0.435. The van der Waals surface area contributed by atoms with Crippen LogP contribution in [-0.4, -0.2) is 30.5 Å². The number of anilines is 1. The molecule has 1 rings (SSSR count). The number of carbonyl (C=O) groups excluding carboxylic acids is 2. The molecule has 0 saturated heterocycles. The highest BCUT2D eigenvalue weighted by molar-refractivity contribution is 7.17. The van der Waals surface area contributed by atoms with Gasteiger partial charge in [-0.3, -0.25) is 4.79 Å². The summed E-state index contributed by atoms with van der Waals surface area (Å²) in [5.74, 6) is -0.587. The van der Waals surface area contributed by atoms with E-state index in [-0.39, 0.29) is 11.3 Å². The summed E-state index contributed by atoms with van der Waals surface area (Å²) < 4.78 is 4.76. The van der Waals surface area contributed by atoms with Crippen LogP contribution in [0.4, 0.5) is 5.13 Å². The lowest BCUT2D eigenvalue weighted by Gasteiger charge is -2.16. The number of ether oxygens (including phenoxy) is 1. The molecule has 1 aromatic heterocycles. The molecular weight excluding hydrogens is 278 g/mol. The summed E-state index contributed by atoms with van der Waals surface area (Å²) >= 11 is 1.13. The maximum atomic E-state index is 11.8. The second kappa shape index (κ2) is 6.81. The molecule has 1 heterocycles. The Bertz CT molecular complexity index is 492. The van der Waals surface area contributed by atoms with Crippen molar-refractivity contribution in [3.8, 4) is 0 Å². The van der Waals surface area contributed by atoms with Crippen LogP contribution in [0, 0.1) is 0 Å². The Hall–Kier alpha value is -1.47. The van der Waals surface area contributed by atoms with E-state index in [2.05, 4.69) is 10.3 Å². The van der Waals surface area contributed by atoms with Gasteiger partial charge in [-0.25, -0.2) is 9.78 Å². The quantitative estimate of drug-likeness (QED) is 0.810. The molecule has 0 aromatic carbocycles. The summed E-state index contributed by atoms with van der Waals surface area (Å²) in [6, 6.07) is 0. The first-order valence-corrected chi connectivity index (χ1v) is 7.20. The van der Waals surface area contributed by atoms with E-state index in [1.165, 1.54) is 7.11 Å². The number of nitrogens with two attached hydrogens (primary N) is 1. The van der Waals surface area contributed by atoms with Gasteiger partial charge in [-0.05, 0) is 13.0 Å².